The molecular formula is C15H29N3O2. The van der Waals surface area contributed by atoms with E-state index in [1.54, 1.807) is 7.11 Å². The van der Waals surface area contributed by atoms with Gasteiger partial charge in [-0.2, -0.15) is 0 Å². The summed E-state index contributed by atoms with van der Waals surface area (Å²) in [6.45, 7) is 2.75. The summed E-state index contributed by atoms with van der Waals surface area (Å²) in [5.74, 6) is 0.767. The van der Waals surface area contributed by atoms with E-state index >= 15 is 0 Å². The molecule has 3 atom stereocenters. The molecule has 0 radical (unpaired) electrons. The summed E-state index contributed by atoms with van der Waals surface area (Å²) in [5.41, 5.74) is 0. The number of ether oxygens (including phenoxy) is 1. The van der Waals surface area contributed by atoms with Crippen molar-refractivity contribution in [1.29, 1.82) is 0 Å². The van der Waals surface area contributed by atoms with Gasteiger partial charge in [0, 0.05) is 25.7 Å². The minimum atomic E-state index is 0.0748. The van der Waals surface area contributed by atoms with E-state index in [0.29, 0.717) is 37.7 Å². The molecule has 0 aromatic heterocycles. The van der Waals surface area contributed by atoms with Gasteiger partial charge in [0.2, 0.25) is 5.91 Å². The average Bonchev–Trinajstić information content (AvgIpc) is 3.00. The van der Waals surface area contributed by atoms with Crippen LogP contribution in [0.4, 0.5) is 0 Å². The van der Waals surface area contributed by atoms with Crippen molar-refractivity contribution >= 4 is 5.91 Å². The molecular weight excluding hydrogens is 254 g/mol. The van der Waals surface area contributed by atoms with Crippen molar-refractivity contribution in [3.63, 3.8) is 0 Å². The smallest absolute Gasteiger partial charge is 0.234 e. The van der Waals surface area contributed by atoms with Crippen molar-refractivity contribution in [2.75, 3.05) is 33.4 Å². The topological polar surface area (TPSA) is 62.4 Å². The number of methoxy groups -OCH3 is 1. The molecule has 3 unspecified atom stereocenters. The minimum absolute atomic E-state index is 0.0748. The van der Waals surface area contributed by atoms with Crippen molar-refractivity contribution in [3.8, 4) is 0 Å². The van der Waals surface area contributed by atoms with Gasteiger partial charge in [0.25, 0.3) is 0 Å². The maximum absolute atomic E-state index is 11.7. The average molecular weight is 283 g/mol. The fourth-order valence-corrected chi connectivity index (χ4v) is 3.55. The minimum Gasteiger partial charge on any atom is -0.383 e. The molecule has 116 valence electrons. The van der Waals surface area contributed by atoms with Gasteiger partial charge in [-0.3, -0.25) is 4.79 Å². The van der Waals surface area contributed by atoms with Crippen LogP contribution in [0.15, 0.2) is 0 Å². The van der Waals surface area contributed by atoms with Crippen LogP contribution < -0.4 is 16.0 Å². The number of rotatable bonds is 7. The molecule has 1 aliphatic heterocycles. The zero-order valence-electron chi connectivity index (χ0n) is 12.6. The van der Waals surface area contributed by atoms with E-state index in [9.17, 15) is 4.79 Å². The van der Waals surface area contributed by atoms with E-state index in [0.717, 1.165) is 6.54 Å². The van der Waals surface area contributed by atoms with Gasteiger partial charge in [0.1, 0.15) is 0 Å². The Morgan fingerprint density at radius 3 is 2.85 bits per heavy atom. The van der Waals surface area contributed by atoms with Gasteiger partial charge in [0.15, 0.2) is 0 Å². The van der Waals surface area contributed by atoms with Crippen molar-refractivity contribution < 1.29 is 9.53 Å². The number of carbonyl (C=O) groups excluding carboxylic acids is 1. The van der Waals surface area contributed by atoms with Crippen LogP contribution in [0.1, 0.15) is 38.5 Å². The molecule has 0 bridgehead atoms. The first-order chi connectivity index (χ1) is 9.81. The number of hydrogen-bond donors (Lipinski definition) is 3. The highest BCUT2D eigenvalue weighted by Crippen LogP contribution is 2.30. The highest BCUT2D eigenvalue weighted by molar-refractivity contribution is 5.77. The Hall–Kier alpha value is -0.650. The predicted octanol–water partition coefficient (Wildman–Crippen LogP) is 0.649. The molecule has 0 spiro atoms. The summed E-state index contributed by atoms with van der Waals surface area (Å²) in [4.78, 5) is 11.7. The molecule has 5 nitrogen and oxygen atoms in total. The van der Waals surface area contributed by atoms with E-state index < -0.39 is 0 Å². The molecule has 2 fully saturated rings. The van der Waals surface area contributed by atoms with Gasteiger partial charge >= 0.3 is 0 Å². The number of hydrogen-bond acceptors (Lipinski definition) is 4. The predicted molar refractivity (Wildman–Crippen MR) is 79.7 cm³/mol. The molecule has 20 heavy (non-hydrogen) atoms. The van der Waals surface area contributed by atoms with Crippen LogP contribution in [0.5, 0.6) is 0 Å². The molecule has 2 aliphatic rings. The highest BCUT2D eigenvalue weighted by Gasteiger charge is 2.33. The van der Waals surface area contributed by atoms with Crippen LogP contribution in [0.25, 0.3) is 0 Å². The fourth-order valence-electron chi connectivity index (χ4n) is 3.55. The van der Waals surface area contributed by atoms with Crippen molar-refractivity contribution in [3.05, 3.63) is 0 Å². The maximum Gasteiger partial charge on any atom is 0.234 e. The Morgan fingerprint density at radius 1 is 1.25 bits per heavy atom. The van der Waals surface area contributed by atoms with Crippen LogP contribution in [-0.2, 0) is 9.53 Å². The first-order valence-electron chi connectivity index (χ1n) is 8.03. The quantitative estimate of drug-likeness (QED) is 0.600. The summed E-state index contributed by atoms with van der Waals surface area (Å²) in [6.07, 6.45) is 7.70. The lowest BCUT2D eigenvalue weighted by molar-refractivity contribution is -0.120. The Morgan fingerprint density at radius 2 is 2.10 bits per heavy atom. The lowest BCUT2D eigenvalue weighted by Gasteiger charge is -2.36. The summed E-state index contributed by atoms with van der Waals surface area (Å²) >= 11 is 0. The fraction of sp³-hybridized carbons (Fsp3) is 0.933. The van der Waals surface area contributed by atoms with E-state index in [4.69, 9.17) is 4.74 Å². The SMILES string of the molecule is COCCNC(=O)CNC1CCCCC1C1CCCN1. The summed E-state index contributed by atoms with van der Waals surface area (Å²) in [7, 11) is 1.64. The zero-order chi connectivity index (χ0) is 14.2. The second kappa shape index (κ2) is 8.60. The third kappa shape index (κ3) is 4.72. The van der Waals surface area contributed by atoms with Gasteiger partial charge in [-0.05, 0) is 38.1 Å². The monoisotopic (exact) mass is 283 g/mol. The molecule has 1 saturated carbocycles. The normalized spacial score (nSPS) is 30.4. The number of nitrogens with one attached hydrogen (secondary N) is 3. The molecule has 0 aromatic rings. The number of carbonyl (C=O) groups is 1. The Bertz CT molecular complexity index is 293. The van der Waals surface area contributed by atoms with Crippen LogP contribution >= 0.6 is 0 Å². The van der Waals surface area contributed by atoms with Crippen LogP contribution in [0.2, 0.25) is 0 Å². The van der Waals surface area contributed by atoms with Gasteiger partial charge in [-0.15, -0.1) is 0 Å². The van der Waals surface area contributed by atoms with Crippen molar-refractivity contribution in [1.82, 2.24) is 16.0 Å². The van der Waals surface area contributed by atoms with E-state index in [1.165, 1.54) is 38.5 Å². The zero-order valence-corrected chi connectivity index (χ0v) is 12.6. The number of amides is 1. The molecule has 1 saturated heterocycles. The highest BCUT2D eigenvalue weighted by atomic mass is 16.5. The van der Waals surface area contributed by atoms with Crippen molar-refractivity contribution in [2.24, 2.45) is 5.92 Å². The maximum atomic E-state index is 11.7. The summed E-state index contributed by atoms with van der Waals surface area (Å²) in [5, 5.41) is 9.98. The lowest BCUT2D eigenvalue weighted by Crippen LogP contribution is -2.49. The largest absolute Gasteiger partial charge is 0.383 e. The van der Waals surface area contributed by atoms with E-state index in [1.807, 2.05) is 0 Å². The Labute approximate surface area is 122 Å². The molecule has 0 aromatic carbocycles. The first kappa shape index (κ1) is 15.7. The first-order valence-corrected chi connectivity index (χ1v) is 8.03. The molecule has 1 heterocycles. The Balaban J connectivity index is 1.72. The summed E-state index contributed by atoms with van der Waals surface area (Å²) < 4.78 is 4.93. The van der Waals surface area contributed by atoms with Crippen LogP contribution in [0.3, 0.4) is 0 Å². The van der Waals surface area contributed by atoms with E-state index in [-0.39, 0.29) is 5.91 Å². The van der Waals surface area contributed by atoms with E-state index in [2.05, 4.69) is 16.0 Å². The van der Waals surface area contributed by atoms with Crippen LogP contribution in [0, 0.1) is 5.92 Å². The van der Waals surface area contributed by atoms with Gasteiger partial charge < -0.3 is 20.7 Å². The third-order valence-electron chi connectivity index (χ3n) is 4.59. The van der Waals surface area contributed by atoms with Gasteiger partial charge in [0.05, 0.1) is 13.2 Å². The lowest BCUT2D eigenvalue weighted by atomic mass is 9.79. The molecule has 5 heteroatoms. The molecule has 2 rings (SSSR count). The summed E-state index contributed by atoms with van der Waals surface area (Å²) in [6, 6.07) is 1.15. The Kier molecular flexibility index (Phi) is 6.76. The molecule has 3 N–H and O–H groups in total. The molecule has 1 amide bonds. The molecule has 1 aliphatic carbocycles. The second-order valence-electron chi connectivity index (χ2n) is 5.98. The second-order valence-corrected chi connectivity index (χ2v) is 5.98. The van der Waals surface area contributed by atoms with Gasteiger partial charge in [-0.1, -0.05) is 12.8 Å². The van der Waals surface area contributed by atoms with Gasteiger partial charge in [-0.25, -0.2) is 0 Å². The third-order valence-corrected chi connectivity index (χ3v) is 4.59. The standard InChI is InChI=1S/C15H29N3O2/c1-20-10-9-17-15(19)11-18-14-6-3-2-5-12(14)13-7-4-8-16-13/h12-14,16,18H,2-11H2,1H3,(H,17,19). The van der Waals surface area contributed by atoms with Crippen LogP contribution in [-0.4, -0.2) is 51.3 Å². The van der Waals surface area contributed by atoms with Crippen molar-refractivity contribution in [2.45, 2.75) is 50.6 Å².